The van der Waals surface area contributed by atoms with Crippen LogP contribution in [0, 0.1) is 18.3 Å². The first-order valence-electron chi connectivity index (χ1n) is 4.55. The van der Waals surface area contributed by atoms with Gasteiger partial charge in [0, 0.05) is 6.07 Å². The van der Waals surface area contributed by atoms with Crippen molar-refractivity contribution in [1.82, 2.24) is 9.88 Å². The Morgan fingerprint density at radius 3 is 2.73 bits per heavy atom. The van der Waals surface area contributed by atoms with Gasteiger partial charge in [-0.1, -0.05) is 0 Å². The van der Waals surface area contributed by atoms with Crippen LogP contribution in [-0.2, 0) is 0 Å². The van der Waals surface area contributed by atoms with Crippen LogP contribution in [0.1, 0.15) is 24.2 Å². The number of rotatable bonds is 2. The Labute approximate surface area is 87.6 Å². The van der Waals surface area contributed by atoms with Crippen molar-refractivity contribution in [3.63, 3.8) is 0 Å². The summed E-state index contributed by atoms with van der Waals surface area (Å²) in [5.41, 5.74) is 0.0753. The Morgan fingerprint density at radius 1 is 1.67 bits per heavy atom. The Kier molecular flexibility index (Phi) is 3.12. The van der Waals surface area contributed by atoms with E-state index in [0.717, 1.165) is 4.57 Å². The van der Waals surface area contributed by atoms with Crippen molar-refractivity contribution >= 4 is 0 Å². The number of nitrogens with one attached hydrogen (secondary N) is 1. The third-order valence-electron chi connectivity index (χ3n) is 2.34. The molecule has 1 atom stereocenters. The van der Waals surface area contributed by atoms with Crippen molar-refractivity contribution in [2.24, 2.45) is 0 Å². The van der Waals surface area contributed by atoms with Crippen molar-refractivity contribution in [1.29, 1.82) is 5.26 Å². The highest BCUT2D eigenvalue weighted by Gasteiger charge is 2.14. The molecule has 0 radical (unpaired) electrons. The van der Waals surface area contributed by atoms with Gasteiger partial charge in [0.2, 0.25) is 0 Å². The third-order valence-corrected chi connectivity index (χ3v) is 2.34. The van der Waals surface area contributed by atoms with Gasteiger partial charge in [0.25, 0.3) is 5.56 Å². The SMILES string of the molecule is CNC(C)n1c(O)cc(C)c(C#N)c1=O. The molecular weight excluding hydrogens is 194 g/mol. The van der Waals surface area contributed by atoms with Gasteiger partial charge in [-0.15, -0.1) is 0 Å². The fourth-order valence-corrected chi connectivity index (χ4v) is 1.37. The van der Waals surface area contributed by atoms with E-state index in [1.165, 1.54) is 6.07 Å². The highest BCUT2D eigenvalue weighted by atomic mass is 16.3. The largest absolute Gasteiger partial charge is 0.494 e. The van der Waals surface area contributed by atoms with Crippen LogP contribution >= 0.6 is 0 Å². The van der Waals surface area contributed by atoms with E-state index in [0.29, 0.717) is 5.56 Å². The molecule has 0 aromatic carbocycles. The van der Waals surface area contributed by atoms with E-state index in [2.05, 4.69) is 5.32 Å². The Hall–Kier alpha value is -1.80. The maximum Gasteiger partial charge on any atom is 0.272 e. The lowest BCUT2D eigenvalue weighted by atomic mass is 10.1. The maximum atomic E-state index is 11.8. The van der Waals surface area contributed by atoms with Gasteiger partial charge in [0.05, 0.1) is 6.17 Å². The van der Waals surface area contributed by atoms with Crippen molar-refractivity contribution in [3.8, 4) is 11.9 Å². The highest BCUT2D eigenvalue weighted by molar-refractivity contribution is 5.37. The minimum atomic E-state index is -0.475. The van der Waals surface area contributed by atoms with Crippen LogP contribution in [0.2, 0.25) is 0 Å². The van der Waals surface area contributed by atoms with Gasteiger partial charge in [0.15, 0.2) is 5.88 Å². The summed E-state index contributed by atoms with van der Waals surface area (Å²) >= 11 is 0. The molecule has 0 aliphatic carbocycles. The van der Waals surface area contributed by atoms with Crippen LogP contribution in [0.25, 0.3) is 0 Å². The van der Waals surface area contributed by atoms with Crippen molar-refractivity contribution in [2.75, 3.05) is 7.05 Å². The molecule has 0 saturated heterocycles. The van der Waals surface area contributed by atoms with E-state index >= 15 is 0 Å². The number of nitrogens with zero attached hydrogens (tertiary/aromatic N) is 2. The predicted octanol–water partition coefficient (Wildman–Crippen LogP) is 0.472. The van der Waals surface area contributed by atoms with Crippen LogP contribution in [0.4, 0.5) is 0 Å². The van der Waals surface area contributed by atoms with Crippen LogP contribution in [0.5, 0.6) is 5.88 Å². The molecule has 0 amide bonds. The molecule has 0 spiro atoms. The molecule has 1 heterocycles. The first kappa shape index (κ1) is 11.3. The van der Waals surface area contributed by atoms with E-state index in [1.54, 1.807) is 20.9 Å². The van der Waals surface area contributed by atoms with Gasteiger partial charge in [0.1, 0.15) is 11.6 Å². The molecule has 5 heteroatoms. The summed E-state index contributed by atoms with van der Waals surface area (Å²) in [6.45, 7) is 3.34. The first-order valence-corrected chi connectivity index (χ1v) is 4.55. The second-order valence-electron chi connectivity index (χ2n) is 3.31. The summed E-state index contributed by atoms with van der Waals surface area (Å²) in [7, 11) is 1.67. The lowest BCUT2D eigenvalue weighted by molar-refractivity contribution is 0.356. The van der Waals surface area contributed by atoms with Crippen LogP contribution < -0.4 is 10.9 Å². The van der Waals surface area contributed by atoms with E-state index in [-0.39, 0.29) is 17.6 Å². The quantitative estimate of drug-likeness (QED) is 0.739. The lowest BCUT2D eigenvalue weighted by Crippen LogP contribution is -2.32. The summed E-state index contributed by atoms with van der Waals surface area (Å²) in [4.78, 5) is 11.8. The average Bonchev–Trinajstić information content (AvgIpc) is 2.17. The van der Waals surface area contributed by atoms with Crippen molar-refractivity contribution in [2.45, 2.75) is 20.0 Å². The van der Waals surface area contributed by atoms with E-state index < -0.39 is 5.56 Å². The minimum Gasteiger partial charge on any atom is -0.494 e. The van der Waals surface area contributed by atoms with Gasteiger partial charge in [-0.05, 0) is 26.5 Å². The number of pyridine rings is 1. The third kappa shape index (κ3) is 1.85. The molecule has 1 aromatic rings. The molecule has 1 aromatic heterocycles. The van der Waals surface area contributed by atoms with Crippen LogP contribution in [-0.4, -0.2) is 16.7 Å². The van der Waals surface area contributed by atoms with E-state index in [9.17, 15) is 9.90 Å². The van der Waals surface area contributed by atoms with Crippen LogP contribution in [0.15, 0.2) is 10.9 Å². The smallest absolute Gasteiger partial charge is 0.272 e. The van der Waals surface area contributed by atoms with Gasteiger partial charge in [-0.3, -0.25) is 9.36 Å². The number of aromatic hydroxyl groups is 1. The van der Waals surface area contributed by atoms with Crippen molar-refractivity contribution in [3.05, 3.63) is 27.5 Å². The Balaban J connectivity index is 3.55. The summed E-state index contributed by atoms with van der Waals surface area (Å²) in [5, 5.41) is 21.2. The number of aromatic nitrogens is 1. The van der Waals surface area contributed by atoms with Gasteiger partial charge < -0.3 is 10.4 Å². The number of hydrogen-bond donors (Lipinski definition) is 2. The zero-order valence-electron chi connectivity index (χ0n) is 8.90. The fourth-order valence-electron chi connectivity index (χ4n) is 1.37. The highest BCUT2D eigenvalue weighted by Crippen LogP contribution is 2.14. The molecule has 1 rings (SSSR count). The average molecular weight is 207 g/mol. The predicted molar refractivity (Wildman–Crippen MR) is 55.6 cm³/mol. The minimum absolute atomic E-state index is 0.0647. The lowest BCUT2D eigenvalue weighted by Gasteiger charge is -2.16. The maximum absolute atomic E-state index is 11.8. The zero-order chi connectivity index (χ0) is 11.6. The second kappa shape index (κ2) is 4.15. The monoisotopic (exact) mass is 207 g/mol. The molecule has 1 unspecified atom stereocenters. The molecule has 5 nitrogen and oxygen atoms in total. The summed E-state index contributed by atoms with van der Waals surface area (Å²) < 4.78 is 1.14. The molecule has 80 valence electrons. The summed E-state index contributed by atoms with van der Waals surface area (Å²) in [5.74, 6) is -0.140. The number of nitriles is 1. The topological polar surface area (TPSA) is 78.0 Å². The zero-order valence-corrected chi connectivity index (χ0v) is 8.90. The summed E-state index contributed by atoms with van der Waals surface area (Å²) in [6.07, 6.45) is -0.356. The Morgan fingerprint density at radius 2 is 2.27 bits per heavy atom. The molecule has 15 heavy (non-hydrogen) atoms. The van der Waals surface area contributed by atoms with Gasteiger partial charge in [-0.25, -0.2) is 0 Å². The summed E-state index contributed by atoms with van der Waals surface area (Å²) in [6, 6.07) is 3.25. The number of aryl methyl sites for hydroxylation is 1. The van der Waals surface area contributed by atoms with Crippen molar-refractivity contribution < 1.29 is 5.11 Å². The second-order valence-corrected chi connectivity index (χ2v) is 3.31. The van der Waals surface area contributed by atoms with Gasteiger partial charge in [-0.2, -0.15) is 5.26 Å². The first-order chi connectivity index (χ1) is 7.02. The number of hydrogen-bond acceptors (Lipinski definition) is 4. The molecule has 2 N–H and O–H groups in total. The molecule has 0 aliphatic heterocycles. The molecule has 0 bridgehead atoms. The standard InChI is InChI=1S/C10H13N3O2/c1-6-4-9(14)13(7(2)12-3)10(15)8(6)5-11/h4,7,12,14H,1-3H3. The molecule has 0 aliphatic rings. The molecular formula is C10H13N3O2. The molecule has 0 saturated carbocycles. The normalized spacial score (nSPS) is 12.1. The Bertz CT molecular complexity index is 471. The fraction of sp³-hybridized carbons (Fsp3) is 0.400. The van der Waals surface area contributed by atoms with Crippen LogP contribution in [0.3, 0.4) is 0 Å². The van der Waals surface area contributed by atoms with Gasteiger partial charge >= 0.3 is 0 Å². The van der Waals surface area contributed by atoms with E-state index in [1.807, 2.05) is 6.07 Å². The molecule has 0 fully saturated rings. The van der Waals surface area contributed by atoms with E-state index in [4.69, 9.17) is 5.26 Å².